The van der Waals surface area contributed by atoms with E-state index in [9.17, 15) is 14.9 Å². The predicted molar refractivity (Wildman–Crippen MR) is 78.1 cm³/mol. The van der Waals surface area contributed by atoms with E-state index in [0.29, 0.717) is 0 Å². The second-order valence-corrected chi connectivity index (χ2v) is 4.94. The average Bonchev–Trinajstić information content (AvgIpc) is 3.05. The van der Waals surface area contributed by atoms with Gasteiger partial charge in [-0.3, -0.25) is 24.3 Å². The number of carbonyl (C=O) groups excluding carboxylic acids is 1. The summed E-state index contributed by atoms with van der Waals surface area (Å²) in [6.45, 7) is 6.03. The Bertz CT molecular complexity index is 690. The monoisotopic (exact) mass is 306 g/mol. The molecule has 2 aromatic heterocycles. The van der Waals surface area contributed by atoms with Crippen molar-refractivity contribution in [2.45, 2.75) is 39.9 Å². The van der Waals surface area contributed by atoms with Crippen LogP contribution in [0.3, 0.4) is 0 Å². The summed E-state index contributed by atoms with van der Waals surface area (Å²) in [6.07, 6.45) is 3.10. The lowest BCUT2D eigenvalue weighted by Crippen LogP contribution is -2.30. The lowest BCUT2D eigenvalue weighted by molar-refractivity contribution is -0.385. The third-order valence-corrected chi connectivity index (χ3v) is 3.23. The first-order valence-electron chi connectivity index (χ1n) is 6.91. The highest BCUT2D eigenvalue weighted by molar-refractivity contribution is 5.76. The molecule has 0 aliphatic carbocycles. The van der Waals surface area contributed by atoms with E-state index in [1.807, 2.05) is 26.1 Å². The van der Waals surface area contributed by atoms with Gasteiger partial charge in [-0.05, 0) is 26.8 Å². The second kappa shape index (κ2) is 6.37. The Morgan fingerprint density at radius 1 is 1.45 bits per heavy atom. The Kier molecular flexibility index (Phi) is 4.54. The molecule has 2 heterocycles. The van der Waals surface area contributed by atoms with Crippen LogP contribution in [0.25, 0.3) is 0 Å². The topological polar surface area (TPSA) is 108 Å². The van der Waals surface area contributed by atoms with Gasteiger partial charge in [0.05, 0.1) is 16.7 Å². The summed E-state index contributed by atoms with van der Waals surface area (Å²) in [5.41, 5.74) is 0.952. The van der Waals surface area contributed by atoms with Gasteiger partial charge in [0.25, 0.3) is 0 Å². The maximum Gasteiger partial charge on any atom is 0.309 e. The van der Waals surface area contributed by atoms with Crippen LogP contribution in [0.4, 0.5) is 5.69 Å². The third-order valence-electron chi connectivity index (χ3n) is 3.23. The van der Waals surface area contributed by atoms with Gasteiger partial charge >= 0.3 is 5.69 Å². The van der Waals surface area contributed by atoms with Gasteiger partial charge < -0.3 is 5.32 Å². The molecule has 2 aromatic rings. The zero-order chi connectivity index (χ0) is 16.3. The van der Waals surface area contributed by atoms with Crippen molar-refractivity contribution in [3.8, 4) is 0 Å². The summed E-state index contributed by atoms with van der Waals surface area (Å²) in [6, 6.07) is 1.60. The van der Waals surface area contributed by atoms with Crippen molar-refractivity contribution in [2.24, 2.45) is 0 Å². The van der Waals surface area contributed by atoms with E-state index in [0.717, 1.165) is 12.2 Å². The zero-order valence-electron chi connectivity index (χ0n) is 12.7. The van der Waals surface area contributed by atoms with Gasteiger partial charge in [-0.15, -0.1) is 0 Å². The summed E-state index contributed by atoms with van der Waals surface area (Å²) in [4.78, 5) is 22.2. The maximum atomic E-state index is 12.0. The molecule has 9 heteroatoms. The molecule has 0 saturated heterocycles. The van der Waals surface area contributed by atoms with Crippen LogP contribution in [0, 0.1) is 17.0 Å². The van der Waals surface area contributed by atoms with Crippen LogP contribution in [0.15, 0.2) is 18.5 Å². The molecule has 0 fully saturated rings. The van der Waals surface area contributed by atoms with Crippen LogP contribution in [-0.2, 0) is 17.9 Å². The molecule has 0 aromatic carbocycles. The fourth-order valence-electron chi connectivity index (χ4n) is 2.06. The largest absolute Gasteiger partial charge is 0.346 e. The Balaban J connectivity index is 1.97. The number of aromatic nitrogens is 4. The minimum atomic E-state index is -0.517. The van der Waals surface area contributed by atoms with E-state index in [1.54, 1.807) is 4.68 Å². The van der Waals surface area contributed by atoms with Gasteiger partial charge in [-0.1, -0.05) is 0 Å². The number of aryl methyl sites for hydroxylation is 2. The number of hydrogen-bond donors (Lipinski definition) is 1. The Hall–Kier alpha value is -2.71. The molecule has 22 heavy (non-hydrogen) atoms. The van der Waals surface area contributed by atoms with Crippen molar-refractivity contribution in [1.29, 1.82) is 0 Å². The molecule has 0 radical (unpaired) electrons. The van der Waals surface area contributed by atoms with Crippen LogP contribution in [0.5, 0.6) is 0 Å². The highest BCUT2D eigenvalue weighted by Gasteiger charge is 2.18. The van der Waals surface area contributed by atoms with Crippen LogP contribution in [-0.4, -0.2) is 30.4 Å². The Morgan fingerprint density at radius 2 is 2.18 bits per heavy atom. The van der Waals surface area contributed by atoms with Crippen molar-refractivity contribution in [2.75, 3.05) is 0 Å². The third kappa shape index (κ3) is 3.48. The van der Waals surface area contributed by atoms with E-state index in [1.165, 1.54) is 17.8 Å². The average molecular weight is 306 g/mol. The molecular formula is C13H18N6O3. The second-order valence-electron chi connectivity index (χ2n) is 4.94. The summed E-state index contributed by atoms with van der Waals surface area (Å²) < 4.78 is 3.04. The van der Waals surface area contributed by atoms with Crippen LogP contribution < -0.4 is 5.32 Å². The van der Waals surface area contributed by atoms with E-state index in [2.05, 4.69) is 15.5 Å². The van der Waals surface area contributed by atoms with E-state index in [4.69, 9.17) is 0 Å². The van der Waals surface area contributed by atoms with Gasteiger partial charge in [0.2, 0.25) is 5.91 Å². The molecule has 2 rings (SSSR count). The molecule has 1 atom stereocenters. The molecule has 1 N–H and O–H groups in total. The number of amides is 1. The van der Waals surface area contributed by atoms with E-state index < -0.39 is 4.92 Å². The molecule has 0 aliphatic rings. The summed E-state index contributed by atoms with van der Waals surface area (Å²) in [5, 5.41) is 21.8. The molecule has 0 bridgehead atoms. The zero-order valence-corrected chi connectivity index (χ0v) is 12.7. The lowest BCUT2D eigenvalue weighted by Gasteiger charge is -2.11. The molecular weight excluding hydrogens is 288 g/mol. The highest BCUT2D eigenvalue weighted by Crippen LogP contribution is 2.15. The number of nitrogens with zero attached hydrogens (tertiary/aromatic N) is 5. The first-order valence-corrected chi connectivity index (χ1v) is 6.91. The van der Waals surface area contributed by atoms with Gasteiger partial charge in [-0.2, -0.15) is 10.2 Å². The Labute approximate surface area is 127 Å². The van der Waals surface area contributed by atoms with Crippen molar-refractivity contribution >= 4 is 11.6 Å². The molecule has 0 aliphatic heterocycles. The van der Waals surface area contributed by atoms with Gasteiger partial charge in [0, 0.05) is 12.7 Å². The summed E-state index contributed by atoms with van der Waals surface area (Å²) >= 11 is 0. The van der Waals surface area contributed by atoms with Crippen molar-refractivity contribution < 1.29 is 9.72 Å². The Morgan fingerprint density at radius 3 is 2.73 bits per heavy atom. The van der Waals surface area contributed by atoms with Crippen LogP contribution in [0.1, 0.15) is 31.3 Å². The maximum absolute atomic E-state index is 12.0. The predicted octanol–water partition coefficient (Wildman–Crippen LogP) is 1.19. The highest BCUT2D eigenvalue weighted by atomic mass is 16.6. The minimum Gasteiger partial charge on any atom is -0.346 e. The number of rotatable bonds is 6. The quantitative estimate of drug-likeness (QED) is 0.637. The molecule has 9 nitrogen and oxygen atoms in total. The van der Waals surface area contributed by atoms with E-state index in [-0.39, 0.29) is 29.9 Å². The van der Waals surface area contributed by atoms with Crippen molar-refractivity contribution in [1.82, 2.24) is 24.9 Å². The smallest absolute Gasteiger partial charge is 0.309 e. The first kappa shape index (κ1) is 15.7. The molecule has 1 amide bonds. The van der Waals surface area contributed by atoms with Gasteiger partial charge in [0.1, 0.15) is 18.4 Å². The van der Waals surface area contributed by atoms with Crippen molar-refractivity contribution in [3.63, 3.8) is 0 Å². The first-order chi connectivity index (χ1) is 10.4. The molecule has 0 spiro atoms. The summed E-state index contributed by atoms with van der Waals surface area (Å²) in [5.74, 6) is -0.282. The molecule has 1 unspecified atom stereocenters. The number of nitrogens with one attached hydrogen (secondary N) is 1. The van der Waals surface area contributed by atoms with Crippen molar-refractivity contribution in [3.05, 3.63) is 40.0 Å². The SMILES string of the molecule is CCn1ccc(C(C)NC(=O)Cn2cc([N+](=O)[O-])c(C)n2)n1. The van der Waals surface area contributed by atoms with Crippen LogP contribution >= 0.6 is 0 Å². The van der Waals surface area contributed by atoms with Gasteiger partial charge in [-0.25, -0.2) is 0 Å². The summed E-state index contributed by atoms with van der Waals surface area (Å²) in [7, 11) is 0. The minimum absolute atomic E-state index is 0.0759. The molecule has 118 valence electrons. The van der Waals surface area contributed by atoms with Gasteiger partial charge in [0.15, 0.2) is 0 Å². The van der Waals surface area contributed by atoms with E-state index >= 15 is 0 Å². The standard InChI is InChI=1S/C13H18N6O3/c1-4-17-6-5-11(16-17)9(2)14-13(20)8-18-7-12(19(21)22)10(3)15-18/h5-7,9H,4,8H2,1-3H3,(H,14,20). The lowest BCUT2D eigenvalue weighted by atomic mass is 10.2. The number of carbonyl (C=O) groups is 1. The molecule has 0 saturated carbocycles. The number of hydrogen-bond acceptors (Lipinski definition) is 5. The number of nitro groups is 1. The fourth-order valence-corrected chi connectivity index (χ4v) is 2.06. The fraction of sp³-hybridized carbons (Fsp3) is 0.462. The van der Waals surface area contributed by atoms with Crippen LogP contribution in [0.2, 0.25) is 0 Å². The normalized spacial score (nSPS) is 12.1.